The van der Waals surface area contributed by atoms with E-state index in [0.29, 0.717) is 55.6 Å². The first-order chi connectivity index (χ1) is 23.4. The van der Waals surface area contributed by atoms with Crippen LogP contribution in [0.5, 0.6) is 17.4 Å². The quantitative estimate of drug-likeness (QED) is 0.150. The van der Waals surface area contributed by atoms with Crippen LogP contribution in [-0.2, 0) is 28.9 Å². The van der Waals surface area contributed by atoms with E-state index in [1.54, 1.807) is 13.2 Å². The molecule has 0 amide bonds. The van der Waals surface area contributed by atoms with E-state index in [2.05, 4.69) is 25.1 Å². The van der Waals surface area contributed by atoms with E-state index in [9.17, 15) is 10.1 Å². The lowest BCUT2D eigenvalue weighted by atomic mass is 9.92. The van der Waals surface area contributed by atoms with Crippen molar-refractivity contribution in [3.8, 4) is 34.7 Å². The van der Waals surface area contributed by atoms with Gasteiger partial charge in [0.25, 0.3) is 0 Å². The van der Waals surface area contributed by atoms with Gasteiger partial charge in [-0.2, -0.15) is 5.26 Å². The van der Waals surface area contributed by atoms with E-state index in [4.69, 9.17) is 33.7 Å². The van der Waals surface area contributed by atoms with Crippen molar-refractivity contribution in [3.05, 3.63) is 100 Å². The van der Waals surface area contributed by atoms with E-state index in [1.807, 2.05) is 48.5 Å². The second-order valence-corrected chi connectivity index (χ2v) is 12.1. The Hall–Kier alpha value is -5.20. The van der Waals surface area contributed by atoms with Crippen LogP contribution in [0.2, 0.25) is 0 Å². The van der Waals surface area contributed by atoms with Gasteiger partial charge >= 0.3 is 5.97 Å². The fraction of sp³-hybridized carbons (Fsp3) is 0.333. The molecule has 2 aliphatic rings. The summed E-state index contributed by atoms with van der Waals surface area (Å²) in [4.78, 5) is 22.5. The molecular formula is C39H39N3O6. The van der Waals surface area contributed by atoms with Crippen LogP contribution in [0.3, 0.4) is 0 Å². The van der Waals surface area contributed by atoms with Gasteiger partial charge in [0.2, 0.25) is 5.88 Å². The lowest BCUT2D eigenvalue weighted by Gasteiger charge is -2.17. The van der Waals surface area contributed by atoms with Crippen molar-refractivity contribution in [1.82, 2.24) is 4.98 Å². The highest BCUT2D eigenvalue weighted by Gasteiger charge is 2.24. The summed E-state index contributed by atoms with van der Waals surface area (Å²) in [5, 5.41) is 9.49. The molecule has 9 nitrogen and oxygen atoms in total. The zero-order valence-electron chi connectivity index (χ0n) is 27.6. The number of fused-ring (bicyclic) bond motifs is 7. The van der Waals surface area contributed by atoms with Crippen LogP contribution in [0.1, 0.15) is 70.3 Å². The number of hydrogen-bond donors (Lipinski definition) is 0. The Balaban J connectivity index is 1.34. The van der Waals surface area contributed by atoms with Crippen LogP contribution in [0.25, 0.3) is 11.3 Å². The van der Waals surface area contributed by atoms with Gasteiger partial charge in [0, 0.05) is 30.9 Å². The van der Waals surface area contributed by atoms with E-state index in [1.165, 1.54) is 7.11 Å². The Bertz CT molecular complexity index is 1880. The predicted molar refractivity (Wildman–Crippen MR) is 183 cm³/mol. The summed E-state index contributed by atoms with van der Waals surface area (Å²) in [7, 11) is 3.00. The minimum absolute atomic E-state index is 0.150. The third-order valence-corrected chi connectivity index (χ3v) is 8.78. The van der Waals surface area contributed by atoms with E-state index < -0.39 is 5.97 Å². The maximum atomic E-state index is 12.5. The molecule has 0 spiro atoms. The Labute approximate surface area is 281 Å². The Morgan fingerprint density at radius 1 is 1.00 bits per heavy atom. The topological polar surface area (TPSA) is 112 Å². The number of hydrogen-bond acceptors (Lipinski definition) is 9. The fourth-order valence-electron chi connectivity index (χ4n) is 6.12. The largest absolute Gasteiger partial charge is 0.493 e. The molecule has 3 heterocycles. The monoisotopic (exact) mass is 645 g/mol. The number of carbonyl (C=O) groups excluding carboxylic acids is 1. The van der Waals surface area contributed by atoms with Gasteiger partial charge in [-0.15, -0.1) is 0 Å². The molecule has 3 aromatic carbocycles. The first kappa shape index (κ1) is 32.7. The number of aromatic nitrogens is 1. The van der Waals surface area contributed by atoms with Crippen LogP contribution >= 0.6 is 0 Å². The number of ether oxygens (including phenoxy) is 5. The van der Waals surface area contributed by atoms with E-state index in [0.717, 1.165) is 76.3 Å². The molecule has 0 saturated carbocycles. The van der Waals surface area contributed by atoms with Gasteiger partial charge in [0.15, 0.2) is 0 Å². The van der Waals surface area contributed by atoms with Crippen LogP contribution in [-0.4, -0.2) is 50.7 Å². The van der Waals surface area contributed by atoms with Crippen molar-refractivity contribution >= 4 is 17.4 Å². The van der Waals surface area contributed by atoms with Crippen LogP contribution in [0, 0.1) is 11.3 Å². The molecule has 6 rings (SSSR count). The van der Waals surface area contributed by atoms with E-state index >= 15 is 0 Å². The molecule has 246 valence electrons. The molecular weight excluding hydrogens is 606 g/mol. The highest BCUT2D eigenvalue weighted by molar-refractivity contribution is 5.94. The maximum absolute atomic E-state index is 12.5. The van der Waals surface area contributed by atoms with Crippen LogP contribution in [0.15, 0.2) is 71.7 Å². The van der Waals surface area contributed by atoms with Crippen molar-refractivity contribution in [2.24, 2.45) is 4.99 Å². The minimum atomic E-state index is -0.413. The van der Waals surface area contributed by atoms with Crippen LogP contribution < -0.4 is 14.2 Å². The highest BCUT2D eigenvalue weighted by atomic mass is 16.5. The van der Waals surface area contributed by atoms with Crippen molar-refractivity contribution in [2.75, 3.05) is 34.0 Å². The first-order valence-corrected chi connectivity index (χ1v) is 16.3. The van der Waals surface area contributed by atoms with Gasteiger partial charge in [-0.3, -0.25) is 4.99 Å². The highest BCUT2D eigenvalue weighted by Crippen LogP contribution is 2.42. The van der Waals surface area contributed by atoms with Crippen molar-refractivity contribution in [3.63, 3.8) is 0 Å². The summed E-state index contributed by atoms with van der Waals surface area (Å²) in [5.74, 6) is 1.59. The standard InChI is InChI=1S/C39H39N3O6/c1-25-9-14-32(41-38-33(25)20-31(39(43)45-3)22-36(38)47-17-16-44-2)19-29-13-12-28-21-35(29)46-15-5-6-27-18-26(23-40)10-11-30(27)24-48-37-8-4-7-34(28)42-37/h4,7-8,10-13,18,20-22,25H,5-6,9,14-17,19,24H2,1-3H3. The minimum Gasteiger partial charge on any atom is -0.493 e. The summed E-state index contributed by atoms with van der Waals surface area (Å²) in [6, 6.07) is 23.5. The van der Waals surface area contributed by atoms with Gasteiger partial charge in [-0.1, -0.05) is 31.2 Å². The molecule has 9 heteroatoms. The number of aliphatic imine (C=N–C) groups is 1. The fourth-order valence-corrected chi connectivity index (χ4v) is 6.12. The summed E-state index contributed by atoms with van der Waals surface area (Å²) in [6.07, 6.45) is 3.75. The molecule has 2 aliphatic heterocycles. The number of esters is 1. The molecule has 4 aromatic rings. The number of nitriles is 1. The number of aryl methyl sites for hydroxylation is 1. The van der Waals surface area contributed by atoms with Gasteiger partial charge in [-0.05, 0) is 90.3 Å². The molecule has 0 radical (unpaired) electrons. The summed E-state index contributed by atoms with van der Waals surface area (Å²) in [6.45, 7) is 3.76. The molecule has 1 unspecified atom stereocenters. The number of methoxy groups -OCH3 is 2. The number of nitrogens with zero attached hydrogens (tertiary/aromatic N) is 3. The Morgan fingerprint density at radius 3 is 2.73 bits per heavy atom. The second-order valence-electron chi connectivity index (χ2n) is 12.1. The SMILES string of the molecule is COCCOc1cc(C(=O)OC)cc2c1N=C(Cc1ccc3cc1OCCCc1cc(C#N)ccc1COc1cccc-3n1)CCC2C. The zero-order valence-corrected chi connectivity index (χ0v) is 27.6. The number of pyridine rings is 1. The second kappa shape index (κ2) is 15.1. The smallest absolute Gasteiger partial charge is 0.337 e. The number of benzene rings is 3. The maximum Gasteiger partial charge on any atom is 0.337 e. The van der Waals surface area contributed by atoms with E-state index in [-0.39, 0.29) is 5.92 Å². The van der Waals surface area contributed by atoms with Crippen LogP contribution in [0.4, 0.5) is 5.69 Å². The van der Waals surface area contributed by atoms with Gasteiger partial charge in [0.1, 0.15) is 30.4 Å². The normalized spacial score (nSPS) is 15.5. The zero-order chi connectivity index (χ0) is 33.5. The Morgan fingerprint density at radius 2 is 1.90 bits per heavy atom. The third kappa shape index (κ3) is 7.50. The molecule has 0 aliphatic carbocycles. The molecule has 1 aromatic heterocycles. The number of carbonyl (C=O) groups is 1. The summed E-state index contributed by atoms with van der Waals surface area (Å²) < 4.78 is 29.0. The summed E-state index contributed by atoms with van der Waals surface area (Å²) in [5.41, 5.74) is 8.60. The lowest BCUT2D eigenvalue weighted by Crippen LogP contribution is -2.09. The lowest BCUT2D eigenvalue weighted by molar-refractivity contribution is 0.0600. The Kier molecular flexibility index (Phi) is 10.3. The van der Waals surface area contributed by atoms with Gasteiger partial charge in [0.05, 0.1) is 43.2 Å². The molecule has 4 bridgehead atoms. The third-order valence-electron chi connectivity index (χ3n) is 8.78. The molecule has 0 N–H and O–H groups in total. The predicted octanol–water partition coefficient (Wildman–Crippen LogP) is 7.55. The molecule has 1 atom stereocenters. The molecule has 48 heavy (non-hydrogen) atoms. The average molecular weight is 646 g/mol. The van der Waals surface area contributed by atoms with Crippen molar-refractivity contribution < 1.29 is 28.5 Å². The van der Waals surface area contributed by atoms with Crippen molar-refractivity contribution in [2.45, 2.75) is 51.6 Å². The first-order valence-electron chi connectivity index (χ1n) is 16.3. The van der Waals surface area contributed by atoms with Crippen molar-refractivity contribution in [1.29, 1.82) is 5.26 Å². The molecule has 0 saturated heterocycles. The molecule has 0 fully saturated rings. The summed E-state index contributed by atoms with van der Waals surface area (Å²) >= 11 is 0. The average Bonchev–Trinajstić information content (AvgIpc) is 3.27. The van der Waals surface area contributed by atoms with Gasteiger partial charge < -0.3 is 23.7 Å². The number of rotatable bonds is 7. The van der Waals surface area contributed by atoms with Gasteiger partial charge in [-0.25, -0.2) is 9.78 Å².